The fraction of sp³-hybridized carbons (Fsp3) is 0.474. The van der Waals surface area contributed by atoms with Crippen molar-refractivity contribution in [1.82, 2.24) is 15.6 Å². The second-order valence-corrected chi connectivity index (χ2v) is 6.80. The molecule has 1 aromatic carbocycles. The minimum Gasteiger partial charge on any atom is -0.493 e. The highest BCUT2D eigenvalue weighted by atomic mass is 32.1. The molecule has 0 aliphatic carbocycles. The molecule has 2 rings (SSSR count). The number of aromatic nitrogens is 1. The Hall–Kier alpha value is -2.28. The van der Waals surface area contributed by atoms with E-state index < -0.39 is 0 Å². The van der Waals surface area contributed by atoms with E-state index in [9.17, 15) is 0 Å². The van der Waals surface area contributed by atoms with Gasteiger partial charge in [-0.1, -0.05) is 6.07 Å². The molecule has 1 aromatic heterocycles. The van der Waals surface area contributed by atoms with E-state index in [4.69, 9.17) is 9.47 Å². The van der Waals surface area contributed by atoms with Crippen LogP contribution in [0.3, 0.4) is 0 Å². The topological polar surface area (TPSA) is 67.8 Å². The number of aliphatic imine (C=N–C) groups is 1. The smallest absolute Gasteiger partial charge is 0.191 e. The number of nitrogens with zero attached hydrogens (tertiary/aromatic N) is 2. The maximum atomic E-state index is 5.35. The number of methoxy groups -OCH3 is 2. The van der Waals surface area contributed by atoms with Crippen LogP contribution in [0.5, 0.6) is 11.5 Å². The summed E-state index contributed by atoms with van der Waals surface area (Å²) < 4.78 is 10.6. The van der Waals surface area contributed by atoms with Crippen LogP contribution in [0.1, 0.15) is 23.2 Å². The summed E-state index contributed by atoms with van der Waals surface area (Å²) in [6.45, 7) is 6.43. The van der Waals surface area contributed by atoms with E-state index in [1.54, 1.807) is 25.6 Å². The first-order valence-corrected chi connectivity index (χ1v) is 9.68. The Labute approximate surface area is 159 Å². The number of nitrogens with one attached hydrogen (secondary N) is 2. The molecule has 0 unspecified atom stereocenters. The fourth-order valence-electron chi connectivity index (χ4n) is 2.51. The number of benzene rings is 1. The summed E-state index contributed by atoms with van der Waals surface area (Å²) in [5, 5.41) is 9.85. The number of hydrogen-bond donors (Lipinski definition) is 2. The molecule has 0 amide bonds. The maximum Gasteiger partial charge on any atom is 0.191 e. The number of ether oxygens (including phenoxy) is 2. The van der Waals surface area contributed by atoms with Gasteiger partial charge in [-0.05, 0) is 38.0 Å². The first-order valence-electron chi connectivity index (χ1n) is 8.80. The van der Waals surface area contributed by atoms with Crippen molar-refractivity contribution in [1.29, 1.82) is 0 Å². The zero-order valence-corrected chi connectivity index (χ0v) is 16.8. The van der Waals surface area contributed by atoms with Crippen molar-refractivity contribution in [2.45, 2.75) is 26.7 Å². The Morgan fingerprint density at radius 1 is 1.15 bits per heavy atom. The number of aryl methyl sites for hydroxylation is 1. The average Bonchev–Trinajstić information content (AvgIpc) is 3.06. The van der Waals surface area contributed by atoms with E-state index in [0.717, 1.165) is 60.6 Å². The second-order valence-electron chi connectivity index (χ2n) is 5.73. The molecule has 0 spiro atoms. The van der Waals surface area contributed by atoms with Gasteiger partial charge in [-0.25, -0.2) is 4.98 Å². The van der Waals surface area contributed by atoms with Gasteiger partial charge in [0.1, 0.15) is 0 Å². The van der Waals surface area contributed by atoms with Crippen LogP contribution >= 0.6 is 11.3 Å². The normalized spacial score (nSPS) is 11.3. The maximum absolute atomic E-state index is 5.35. The van der Waals surface area contributed by atoms with Crippen molar-refractivity contribution < 1.29 is 9.47 Å². The Bertz CT molecular complexity index is 715. The van der Waals surface area contributed by atoms with E-state index in [0.29, 0.717) is 0 Å². The predicted molar refractivity (Wildman–Crippen MR) is 108 cm³/mol. The molecule has 0 aliphatic heterocycles. The molecule has 0 bridgehead atoms. The highest BCUT2D eigenvalue weighted by Crippen LogP contribution is 2.27. The average molecular weight is 377 g/mol. The van der Waals surface area contributed by atoms with Gasteiger partial charge in [0, 0.05) is 31.4 Å². The number of guanidine groups is 1. The monoisotopic (exact) mass is 376 g/mol. The number of rotatable bonds is 9. The van der Waals surface area contributed by atoms with Crippen molar-refractivity contribution in [3.8, 4) is 11.5 Å². The second kappa shape index (κ2) is 10.7. The summed E-state index contributed by atoms with van der Waals surface area (Å²) in [4.78, 5) is 9.10. The summed E-state index contributed by atoms with van der Waals surface area (Å²) in [7, 11) is 3.30. The first-order chi connectivity index (χ1) is 12.7. The van der Waals surface area contributed by atoms with Crippen molar-refractivity contribution >= 4 is 17.3 Å². The van der Waals surface area contributed by atoms with Crippen molar-refractivity contribution in [3.05, 3.63) is 39.8 Å². The highest BCUT2D eigenvalue weighted by Gasteiger charge is 2.05. The van der Waals surface area contributed by atoms with Gasteiger partial charge in [0.15, 0.2) is 17.5 Å². The van der Waals surface area contributed by atoms with Crippen LogP contribution in [0.15, 0.2) is 28.6 Å². The molecule has 0 saturated carbocycles. The van der Waals surface area contributed by atoms with Crippen LogP contribution in [-0.4, -0.2) is 44.8 Å². The van der Waals surface area contributed by atoms with Crippen LogP contribution in [-0.2, 0) is 12.8 Å². The number of hydrogen-bond acceptors (Lipinski definition) is 5. The zero-order chi connectivity index (χ0) is 18.8. The molecule has 0 aliphatic rings. The summed E-state index contributed by atoms with van der Waals surface area (Å²) in [6.07, 6.45) is 1.73. The minimum atomic E-state index is 0.717. The summed E-state index contributed by atoms with van der Waals surface area (Å²) >= 11 is 1.68. The highest BCUT2D eigenvalue weighted by molar-refractivity contribution is 7.09. The van der Waals surface area contributed by atoms with Crippen molar-refractivity contribution in [2.24, 2.45) is 4.99 Å². The minimum absolute atomic E-state index is 0.717. The molecule has 6 nitrogen and oxygen atoms in total. The molecule has 7 heteroatoms. The van der Waals surface area contributed by atoms with E-state index in [1.807, 2.05) is 19.1 Å². The third kappa shape index (κ3) is 6.22. The molecular weight excluding hydrogens is 348 g/mol. The Morgan fingerprint density at radius 3 is 2.62 bits per heavy atom. The predicted octanol–water partition coefficient (Wildman–Crippen LogP) is 2.81. The lowest BCUT2D eigenvalue weighted by Crippen LogP contribution is -2.38. The van der Waals surface area contributed by atoms with Gasteiger partial charge >= 0.3 is 0 Å². The van der Waals surface area contributed by atoms with E-state index in [-0.39, 0.29) is 0 Å². The van der Waals surface area contributed by atoms with Crippen LogP contribution in [0, 0.1) is 6.92 Å². The molecule has 0 atom stereocenters. The van der Waals surface area contributed by atoms with Crippen LogP contribution in [0.4, 0.5) is 0 Å². The van der Waals surface area contributed by atoms with E-state index in [2.05, 4.69) is 39.0 Å². The number of thiazole rings is 1. The summed E-state index contributed by atoms with van der Waals surface area (Å²) in [6, 6.07) is 6.00. The lowest BCUT2D eigenvalue weighted by atomic mass is 10.1. The SMILES string of the molecule is CCNC(=NCCc1csc(C)n1)NCCc1ccc(OC)c(OC)c1. The standard InChI is InChI=1S/C19H28N4O2S/c1-5-20-19(22-11-9-16-13-26-14(2)23-16)21-10-8-15-6-7-17(24-3)18(12-15)25-4/h6-7,12-13H,5,8-11H2,1-4H3,(H2,20,21,22). The molecule has 26 heavy (non-hydrogen) atoms. The molecule has 142 valence electrons. The van der Waals surface area contributed by atoms with Gasteiger partial charge in [-0.3, -0.25) is 4.99 Å². The van der Waals surface area contributed by atoms with Crippen LogP contribution in [0.2, 0.25) is 0 Å². The molecular formula is C19H28N4O2S. The van der Waals surface area contributed by atoms with Gasteiger partial charge in [0.05, 0.1) is 24.9 Å². The third-order valence-corrected chi connectivity index (χ3v) is 4.63. The van der Waals surface area contributed by atoms with Crippen LogP contribution < -0.4 is 20.1 Å². The zero-order valence-electron chi connectivity index (χ0n) is 16.0. The van der Waals surface area contributed by atoms with Crippen molar-refractivity contribution in [3.63, 3.8) is 0 Å². The van der Waals surface area contributed by atoms with Gasteiger partial charge in [-0.15, -0.1) is 11.3 Å². The van der Waals surface area contributed by atoms with Crippen LogP contribution in [0.25, 0.3) is 0 Å². The lowest BCUT2D eigenvalue weighted by molar-refractivity contribution is 0.354. The van der Waals surface area contributed by atoms with Gasteiger partial charge in [-0.2, -0.15) is 0 Å². The fourth-order valence-corrected chi connectivity index (χ4v) is 3.16. The van der Waals surface area contributed by atoms with Gasteiger partial charge < -0.3 is 20.1 Å². The first kappa shape index (κ1) is 20.0. The Morgan fingerprint density at radius 2 is 1.96 bits per heavy atom. The molecule has 2 N–H and O–H groups in total. The molecule has 2 aromatic rings. The van der Waals surface area contributed by atoms with E-state index in [1.165, 1.54) is 5.56 Å². The molecule has 0 radical (unpaired) electrons. The molecule has 0 fully saturated rings. The Balaban J connectivity index is 1.84. The summed E-state index contributed by atoms with van der Waals surface area (Å²) in [5.41, 5.74) is 2.29. The third-order valence-electron chi connectivity index (χ3n) is 3.80. The molecule has 0 saturated heterocycles. The lowest BCUT2D eigenvalue weighted by Gasteiger charge is -2.12. The van der Waals surface area contributed by atoms with Gasteiger partial charge in [0.2, 0.25) is 0 Å². The summed E-state index contributed by atoms with van der Waals surface area (Å²) in [5.74, 6) is 2.33. The largest absolute Gasteiger partial charge is 0.493 e. The van der Waals surface area contributed by atoms with Gasteiger partial charge in [0.25, 0.3) is 0 Å². The Kier molecular flexibility index (Phi) is 8.21. The van der Waals surface area contributed by atoms with E-state index >= 15 is 0 Å². The molecule has 1 heterocycles. The van der Waals surface area contributed by atoms with Crippen molar-refractivity contribution in [2.75, 3.05) is 33.9 Å². The quantitative estimate of drug-likeness (QED) is 0.520.